The largest absolute Gasteiger partial charge is 0.382 e. The molecule has 1 aromatic rings. The third-order valence-corrected chi connectivity index (χ3v) is 3.81. The van der Waals surface area contributed by atoms with Crippen molar-refractivity contribution in [1.29, 1.82) is 5.41 Å². The number of benzene rings is 1. The van der Waals surface area contributed by atoms with E-state index in [-0.39, 0.29) is 26.0 Å². The number of Topliss-reactive ketones (excluding diaryl/α,β-unsaturated/α-hetero) is 1. The topological polar surface area (TPSA) is 137 Å². The highest BCUT2D eigenvalue weighted by Gasteiger charge is 2.26. The van der Waals surface area contributed by atoms with Gasteiger partial charge in [0.25, 0.3) is 0 Å². The minimum Gasteiger partial charge on any atom is -0.382 e. The molecule has 0 bridgehead atoms. The van der Waals surface area contributed by atoms with Crippen LogP contribution in [-0.2, 0) is 30.5 Å². The molecular weight excluding hydrogens is 364 g/mol. The molecule has 0 saturated heterocycles. The minimum absolute atomic E-state index is 0.0281. The van der Waals surface area contributed by atoms with Gasteiger partial charge in [-0.25, -0.2) is 0 Å². The van der Waals surface area contributed by atoms with Crippen LogP contribution >= 0.6 is 0 Å². The van der Waals surface area contributed by atoms with Crippen molar-refractivity contribution in [1.82, 2.24) is 16.0 Å². The number of ketones is 1. The van der Waals surface area contributed by atoms with Crippen LogP contribution in [-0.4, -0.2) is 55.5 Å². The number of rotatable bonds is 12. The summed E-state index contributed by atoms with van der Waals surface area (Å²) in [5, 5.41) is 14.7. The molecule has 28 heavy (non-hydrogen) atoms. The van der Waals surface area contributed by atoms with Crippen LogP contribution in [0.4, 0.5) is 0 Å². The van der Waals surface area contributed by atoms with Crippen LogP contribution in [0.1, 0.15) is 25.3 Å². The highest BCUT2D eigenvalue weighted by molar-refractivity contribution is 6.26. The van der Waals surface area contributed by atoms with E-state index < -0.39 is 35.6 Å². The Morgan fingerprint density at radius 2 is 1.75 bits per heavy atom. The first-order valence-corrected chi connectivity index (χ1v) is 8.78. The molecule has 0 spiro atoms. The summed E-state index contributed by atoms with van der Waals surface area (Å²) in [4.78, 5) is 47.7. The molecule has 0 heterocycles. The molecule has 152 valence electrons. The van der Waals surface area contributed by atoms with Crippen molar-refractivity contribution in [3.63, 3.8) is 0 Å². The van der Waals surface area contributed by atoms with Crippen molar-refractivity contribution in [2.24, 2.45) is 0 Å². The summed E-state index contributed by atoms with van der Waals surface area (Å²) in [5.74, 6) is -1.93. The van der Waals surface area contributed by atoms with Crippen LogP contribution in [0.25, 0.3) is 0 Å². The van der Waals surface area contributed by atoms with Gasteiger partial charge in [0.05, 0.1) is 12.8 Å². The van der Waals surface area contributed by atoms with Gasteiger partial charge in [-0.3, -0.25) is 19.2 Å². The molecule has 9 heteroatoms. The summed E-state index contributed by atoms with van der Waals surface area (Å²) in [5.41, 5.74) is 0.881. The average Bonchev–Trinajstić information content (AvgIpc) is 2.68. The van der Waals surface area contributed by atoms with Gasteiger partial charge in [0.15, 0.2) is 5.78 Å². The average molecular weight is 390 g/mol. The highest BCUT2D eigenvalue weighted by Crippen LogP contribution is 2.02. The van der Waals surface area contributed by atoms with E-state index in [9.17, 15) is 19.2 Å². The number of hydrogen-bond donors (Lipinski definition) is 4. The van der Waals surface area contributed by atoms with Crippen molar-refractivity contribution in [2.75, 3.05) is 13.7 Å². The molecule has 1 aromatic carbocycles. The number of ether oxygens (including phenoxy) is 1. The molecule has 0 aromatic heterocycles. The molecule has 0 aliphatic heterocycles. The molecule has 1 rings (SSSR count). The Bertz CT molecular complexity index is 693. The number of carbonyl (C=O) groups excluding carboxylic acids is 4. The maximum absolute atomic E-state index is 12.5. The summed E-state index contributed by atoms with van der Waals surface area (Å²) in [6.07, 6.45) is 0.633. The van der Waals surface area contributed by atoms with Crippen molar-refractivity contribution in [3.05, 3.63) is 35.9 Å². The molecule has 0 saturated carbocycles. The van der Waals surface area contributed by atoms with Crippen molar-refractivity contribution >= 4 is 29.7 Å². The highest BCUT2D eigenvalue weighted by atomic mass is 16.5. The molecule has 0 aliphatic rings. The number of carbonyl (C=O) groups is 4. The fourth-order valence-corrected chi connectivity index (χ4v) is 2.40. The van der Waals surface area contributed by atoms with Gasteiger partial charge in [-0.15, -0.1) is 0 Å². The number of methoxy groups -OCH3 is 1. The molecule has 4 N–H and O–H groups in total. The second-order valence-electron chi connectivity index (χ2n) is 6.12. The minimum atomic E-state index is -0.992. The smallest absolute Gasteiger partial charge is 0.245 e. The Labute approximate surface area is 163 Å². The van der Waals surface area contributed by atoms with Crippen LogP contribution in [0.15, 0.2) is 30.3 Å². The molecule has 3 amide bonds. The van der Waals surface area contributed by atoms with E-state index in [4.69, 9.17) is 10.1 Å². The number of nitrogens with one attached hydrogen (secondary N) is 4. The lowest BCUT2D eigenvalue weighted by Gasteiger charge is -2.22. The Morgan fingerprint density at radius 3 is 2.32 bits per heavy atom. The van der Waals surface area contributed by atoms with Gasteiger partial charge in [0, 0.05) is 27.0 Å². The Morgan fingerprint density at radius 1 is 1.07 bits per heavy atom. The van der Waals surface area contributed by atoms with E-state index in [2.05, 4.69) is 16.0 Å². The molecule has 2 atom stereocenters. The molecule has 9 nitrogen and oxygen atoms in total. The maximum atomic E-state index is 12.5. The van der Waals surface area contributed by atoms with Gasteiger partial charge in [-0.05, 0) is 12.0 Å². The van der Waals surface area contributed by atoms with Crippen LogP contribution < -0.4 is 16.0 Å². The van der Waals surface area contributed by atoms with E-state index in [1.165, 1.54) is 14.0 Å². The summed E-state index contributed by atoms with van der Waals surface area (Å²) in [6, 6.07) is 7.27. The van der Waals surface area contributed by atoms with Crippen LogP contribution in [0.5, 0.6) is 0 Å². The maximum Gasteiger partial charge on any atom is 0.245 e. The van der Waals surface area contributed by atoms with E-state index in [0.29, 0.717) is 6.21 Å². The van der Waals surface area contributed by atoms with E-state index >= 15 is 0 Å². The molecular formula is C19H26N4O5. The molecule has 0 unspecified atom stereocenters. The van der Waals surface area contributed by atoms with E-state index in [1.807, 2.05) is 30.3 Å². The summed E-state index contributed by atoms with van der Waals surface area (Å²) >= 11 is 0. The van der Waals surface area contributed by atoms with Crippen LogP contribution in [0.2, 0.25) is 0 Å². The van der Waals surface area contributed by atoms with Crippen molar-refractivity contribution < 1.29 is 23.9 Å². The monoisotopic (exact) mass is 390 g/mol. The van der Waals surface area contributed by atoms with E-state index in [0.717, 1.165) is 5.56 Å². The zero-order chi connectivity index (χ0) is 20.9. The predicted molar refractivity (Wildman–Crippen MR) is 103 cm³/mol. The second-order valence-corrected chi connectivity index (χ2v) is 6.12. The summed E-state index contributed by atoms with van der Waals surface area (Å²) in [6.45, 7) is 1.46. The van der Waals surface area contributed by atoms with Gasteiger partial charge in [0.2, 0.25) is 17.7 Å². The lowest BCUT2D eigenvalue weighted by Crippen LogP contribution is -2.54. The Hall–Kier alpha value is -3.07. The fourth-order valence-electron chi connectivity index (χ4n) is 2.40. The quantitative estimate of drug-likeness (QED) is 0.371. The van der Waals surface area contributed by atoms with Gasteiger partial charge < -0.3 is 26.1 Å². The van der Waals surface area contributed by atoms with Crippen LogP contribution in [0, 0.1) is 5.41 Å². The van der Waals surface area contributed by atoms with Gasteiger partial charge in [-0.1, -0.05) is 30.3 Å². The molecule has 0 radical (unpaired) electrons. The first-order valence-electron chi connectivity index (χ1n) is 8.78. The zero-order valence-electron chi connectivity index (χ0n) is 16.0. The van der Waals surface area contributed by atoms with Crippen LogP contribution in [0.3, 0.4) is 0 Å². The SMILES string of the molecule is COC[C@H](NC(C)=O)C(=O)N[C@@H](CCC(=O)C=N)C(=O)NCc1ccccc1. The zero-order valence-corrected chi connectivity index (χ0v) is 16.0. The summed E-state index contributed by atoms with van der Waals surface area (Å²) < 4.78 is 4.93. The fraction of sp³-hybridized carbons (Fsp3) is 0.421. The van der Waals surface area contributed by atoms with Crippen molar-refractivity contribution in [2.45, 2.75) is 38.4 Å². The van der Waals surface area contributed by atoms with E-state index in [1.54, 1.807) is 0 Å². The molecule has 0 fully saturated rings. The summed E-state index contributed by atoms with van der Waals surface area (Å²) in [7, 11) is 1.38. The van der Waals surface area contributed by atoms with Gasteiger partial charge in [-0.2, -0.15) is 0 Å². The third-order valence-electron chi connectivity index (χ3n) is 3.81. The number of hydrogen-bond acceptors (Lipinski definition) is 6. The number of amides is 3. The third kappa shape index (κ3) is 8.54. The first-order chi connectivity index (χ1) is 13.4. The normalized spacial score (nSPS) is 12.4. The molecule has 0 aliphatic carbocycles. The lowest BCUT2D eigenvalue weighted by atomic mass is 10.1. The van der Waals surface area contributed by atoms with Crippen molar-refractivity contribution in [3.8, 4) is 0 Å². The predicted octanol–water partition coefficient (Wildman–Crippen LogP) is -0.0624. The lowest BCUT2D eigenvalue weighted by molar-refractivity contribution is -0.133. The first kappa shape index (κ1) is 23.0. The second kappa shape index (κ2) is 12.3. The van der Waals surface area contributed by atoms with Gasteiger partial charge in [0.1, 0.15) is 12.1 Å². The van der Waals surface area contributed by atoms with Gasteiger partial charge >= 0.3 is 0 Å². The Balaban J connectivity index is 2.79. The standard InChI is InChI=1S/C19H26N4O5/c1-13(24)22-17(12-28-2)19(27)23-16(9-8-15(25)10-20)18(26)21-11-14-6-4-3-5-7-14/h3-7,10,16-17,20H,8-9,11-12H2,1-2H3,(H,21,26)(H,22,24)(H,23,27)/t16-,17-/m0/s1. The Kier molecular flexibility index (Phi) is 10.1.